The lowest BCUT2D eigenvalue weighted by Gasteiger charge is -2.12. The number of sulfonamides is 1. The summed E-state index contributed by atoms with van der Waals surface area (Å²) in [6, 6.07) is 22.6. The topological polar surface area (TPSA) is 73.2 Å². The molecule has 0 spiro atoms. The van der Waals surface area contributed by atoms with Gasteiger partial charge in [-0.25, -0.2) is 17.8 Å². The summed E-state index contributed by atoms with van der Waals surface area (Å²) in [6.45, 7) is 9.09. The Hall–Kier alpha value is -3.42. The third-order valence-electron chi connectivity index (χ3n) is 6.00. The smallest absolute Gasteiger partial charge is 0.240 e. The van der Waals surface area contributed by atoms with Gasteiger partial charge in [-0.3, -0.25) is 0 Å². The van der Waals surface area contributed by atoms with Crippen molar-refractivity contribution >= 4 is 10.0 Å². The van der Waals surface area contributed by atoms with Gasteiger partial charge in [0, 0.05) is 23.9 Å². The second kappa shape index (κ2) is 11.1. The molecule has 1 aromatic heterocycles. The molecular formula is C29H33N3O3S. The minimum Gasteiger partial charge on any atom is -0.493 e. The van der Waals surface area contributed by atoms with E-state index in [4.69, 9.17) is 9.84 Å². The average molecular weight is 504 g/mol. The standard InChI is InChI=1S/C29H33N3O3S/c1-21(2)16-17-35-28-15-12-24(18-23(28)4)29-25(20-32(31-29)26-8-6-5-7-9-26)19-30-36(33,34)27-13-10-22(3)11-14-27/h5-15,18,20-21,30H,16-17,19H2,1-4H3. The van der Waals surface area contributed by atoms with Crippen LogP contribution in [0.1, 0.15) is 37.0 Å². The van der Waals surface area contributed by atoms with Crippen molar-refractivity contribution in [2.45, 2.75) is 45.6 Å². The molecule has 0 unspecified atom stereocenters. The van der Waals surface area contributed by atoms with Crippen molar-refractivity contribution < 1.29 is 13.2 Å². The molecule has 0 saturated carbocycles. The van der Waals surface area contributed by atoms with Crippen molar-refractivity contribution in [1.29, 1.82) is 0 Å². The highest BCUT2D eigenvalue weighted by atomic mass is 32.2. The van der Waals surface area contributed by atoms with E-state index in [9.17, 15) is 8.42 Å². The van der Waals surface area contributed by atoms with Crippen molar-refractivity contribution in [1.82, 2.24) is 14.5 Å². The van der Waals surface area contributed by atoms with Crippen molar-refractivity contribution in [3.63, 3.8) is 0 Å². The van der Waals surface area contributed by atoms with Crippen LogP contribution in [0.5, 0.6) is 5.75 Å². The van der Waals surface area contributed by atoms with Gasteiger partial charge in [-0.1, -0.05) is 49.7 Å². The SMILES string of the molecule is Cc1ccc(S(=O)(=O)NCc2cn(-c3ccccc3)nc2-c2ccc(OCCC(C)C)c(C)c2)cc1. The van der Waals surface area contributed by atoms with Crippen LogP contribution in [0.3, 0.4) is 0 Å². The predicted octanol–water partition coefficient (Wildman–Crippen LogP) is 6.06. The summed E-state index contributed by atoms with van der Waals surface area (Å²) in [6.07, 6.45) is 2.87. The van der Waals surface area contributed by atoms with Gasteiger partial charge in [0.1, 0.15) is 5.75 Å². The van der Waals surface area contributed by atoms with Gasteiger partial charge in [-0.05, 0) is 74.2 Å². The molecule has 1 N–H and O–H groups in total. The van der Waals surface area contributed by atoms with Crippen LogP contribution in [0.15, 0.2) is 83.9 Å². The van der Waals surface area contributed by atoms with Gasteiger partial charge < -0.3 is 4.74 Å². The number of hydrogen-bond donors (Lipinski definition) is 1. The van der Waals surface area contributed by atoms with Gasteiger partial charge in [0.2, 0.25) is 10.0 Å². The molecular weight excluding hydrogens is 470 g/mol. The average Bonchev–Trinajstić information content (AvgIpc) is 3.29. The molecule has 0 bridgehead atoms. The van der Waals surface area contributed by atoms with Crippen LogP contribution in [0, 0.1) is 19.8 Å². The molecule has 0 aliphatic carbocycles. The largest absolute Gasteiger partial charge is 0.493 e. The second-order valence-electron chi connectivity index (χ2n) is 9.43. The molecule has 3 aromatic carbocycles. The quantitative estimate of drug-likeness (QED) is 0.286. The highest BCUT2D eigenvalue weighted by Gasteiger charge is 2.18. The van der Waals surface area contributed by atoms with Crippen LogP contribution < -0.4 is 9.46 Å². The van der Waals surface area contributed by atoms with E-state index in [-0.39, 0.29) is 11.4 Å². The van der Waals surface area contributed by atoms with Gasteiger partial charge in [0.15, 0.2) is 0 Å². The number of hydrogen-bond acceptors (Lipinski definition) is 4. The fraction of sp³-hybridized carbons (Fsp3) is 0.276. The fourth-order valence-electron chi connectivity index (χ4n) is 3.83. The summed E-state index contributed by atoms with van der Waals surface area (Å²) in [5.41, 5.74) is 5.33. The lowest BCUT2D eigenvalue weighted by molar-refractivity contribution is 0.288. The van der Waals surface area contributed by atoms with Crippen LogP contribution in [0.25, 0.3) is 16.9 Å². The summed E-state index contributed by atoms with van der Waals surface area (Å²) >= 11 is 0. The Kier molecular flexibility index (Phi) is 7.91. The summed E-state index contributed by atoms with van der Waals surface area (Å²) < 4.78 is 36.4. The summed E-state index contributed by atoms with van der Waals surface area (Å²) in [4.78, 5) is 0.240. The molecule has 4 aromatic rings. The molecule has 4 rings (SSSR count). The van der Waals surface area contributed by atoms with Crippen molar-refractivity contribution in [2.24, 2.45) is 5.92 Å². The number of benzene rings is 3. The highest BCUT2D eigenvalue weighted by Crippen LogP contribution is 2.29. The number of aromatic nitrogens is 2. The van der Waals surface area contributed by atoms with Crippen LogP contribution in [0.2, 0.25) is 0 Å². The first-order valence-corrected chi connectivity index (χ1v) is 13.7. The molecule has 0 aliphatic rings. The molecule has 36 heavy (non-hydrogen) atoms. The van der Waals surface area contributed by atoms with E-state index >= 15 is 0 Å². The number of nitrogens with zero attached hydrogens (tertiary/aromatic N) is 2. The third-order valence-corrected chi connectivity index (χ3v) is 7.41. The maximum atomic E-state index is 12.9. The molecule has 0 fully saturated rings. The van der Waals surface area contributed by atoms with Crippen LogP contribution in [0.4, 0.5) is 0 Å². The Bertz CT molecular complexity index is 1410. The Morgan fingerprint density at radius 2 is 1.69 bits per heavy atom. The molecule has 7 heteroatoms. The monoisotopic (exact) mass is 503 g/mol. The Labute approximate surface area is 214 Å². The van der Waals surface area contributed by atoms with Gasteiger partial charge in [0.05, 0.1) is 22.9 Å². The third kappa shape index (κ3) is 6.22. The summed E-state index contributed by atoms with van der Waals surface area (Å²) in [5.74, 6) is 1.43. The fourth-order valence-corrected chi connectivity index (χ4v) is 4.84. The first kappa shape index (κ1) is 25.7. The molecule has 188 valence electrons. The highest BCUT2D eigenvalue weighted by molar-refractivity contribution is 7.89. The minimum absolute atomic E-state index is 0.115. The Morgan fingerprint density at radius 3 is 2.36 bits per heavy atom. The molecule has 1 heterocycles. The zero-order chi connectivity index (χ0) is 25.7. The molecule has 0 saturated heterocycles. The predicted molar refractivity (Wildman–Crippen MR) is 144 cm³/mol. The number of ether oxygens (including phenoxy) is 1. The minimum atomic E-state index is -3.67. The molecule has 6 nitrogen and oxygen atoms in total. The van der Waals surface area contributed by atoms with E-state index < -0.39 is 10.0 Å². The maximum Gasteiger partial charge on any atom is 0.240 e. The van der Waals surface area contributed by atoms with Crippen molar-refractivity contribution in [3.05, 3.63) is 95.7 Å². The normalized spacial score (nSPS) is 11.7. The summed E-state index contributed by atoms with van der Waals surface area (Å²) in [5, 5.41) is 4.83. The lowest BCUT2D eigenvalue weighted by Crippen LogP contribution is -2.23. The zero-order valence-corrected chi connectivity index (χ0v) is 22.0. The lowest BCUT2D eigenvalue weighted by atomic mass is 10.0. The zero-order valence-electron chi connectivity index (χ0n) is 21.2. The molecule has 0 amide bonds. The number of rotatable bonds is 10. The van der Waals surface area contributed by atoms with Crippen LogP contribution in [-0.4, -0.2) is 24.8 Å². The number of aryl methyl sites for hydroxylation is 2. The van der Waals surface area contributed by atoms with E-state index in [1.807, 2.05) is 68.6 Å². The maximum absolute atomic E-state index is 12.9. The first-order valence-electron chi connectivity index (χ1n) is 12.2. The first-order chi connectivity index (χ1) is 17.2. The van der Waals surface area contributed by atoms with E-state index in [1.54, 1.807) is 28.9 Å². The van der Waals surface area contributed by atoms with E-state index in [1.165, 1.54) is 0 Å². The van der Waals surface area contributed by atoms with E-state index in [2.05, 4.69) is 18.6 Å². The van der Waals surface area contributed by atoms with Gasteiger partial charge >= 0.3 is 0 Å². The van der Waals surface area contributed by atoms with Gasteiger partial charge in [-0.15, -0.1) is 0 Å². The second-order valence-corrected chi connectivity index (χ2v) is 11.2. The van der Waals surface area contributed by atoms with E-state index in [0.29, 0.717) is 12.5 Å². The number of para-hydroxylation sites is 1. The van der Waals surface area contributed by atoms with E-state index in [0.717, 1.165) is 45.8 Å². The van der Waals surface area contributed by atoms with Gasteiger partial charge in [-0.2, -0.15) is 5.10 Å². The summed E-state index contributed by atoms with van der Waals surface area (Å²) in [7, 11) is -3.67. The Morgan fingerprint density at radius 1 is 0.972 bits per heavy atom. The molecule has 0 atom stereocenters. The van der Waals surface area contributed by atoms with Crippen LogP contribution in [-0.2, 0) is 16.6 Å². The molecule has 0 radical (unpaired) electrons. The van der Waals surface area contributed by atoms with Crippen molar-refractivity contribution in [3.8, 4) is 22.7 Å². The van der Waals surface area contributed by atoms with Gasteiger partial charge in [0.25, 0.3) is 0 Å². The molecule has 0 aliphatic heterocycles. The number of nitrogens with one attached hydrogen (secondary N) is 1. The Balaban J connectivity index is 1.64. The van der Waals surface area contributed by atoms with Crippen LogP contribution >= 0.6 is 0 Å². The van der Waals surface area contributed by atoms with Crippen molar-refractivity contribution in [2.75, 3.05) is 6.61 Å².